The second-order valence-electron chi connectivity index (χ2n) is 18.1. The summed E-state index contributed by atoms with van der Waals surface area (Å²) in [5.74, 6) is 0. The van der Waals surface area contributed by atoms with Crippen molar-refractivity contribution in [2.24, 2.45) is 0 Å². The minimum atomic E-state index is -0.595. The number of nitrogens with zero attached hydrogens (tertiary/aromatic N) is 2. The van der Waals surface area contributed by atoms with Crippen molar-refractivity contribution in [2.45, 2.75) is 10.8 Å². The normalized spacial score (nSPS) is 14.6. The largest absolute Gasteiger partial charge is 0.308 e. The highest BCUT2D eigenvalue weighted by atomic mass is 15.0. The van der Waals surface area contributed by atoms with Crippen molar-refractivity contribution in [2.75, 3.05) is 0 Å². The monoisotopic (exact) mass is 822 g/mol. The lowest BCUT2D eigenvalue weighted by atomic mass is 9.24. The van der Waals surface area contributed by atoms with Gasteiger partial charge in [0.25, 0.3) is 0 Å². The average Bonchev–Trinajstić information content (AvgIpc) is 3.71. The first-order valence-electron chi connectivity index (χ1n) is 22.9. The summed E-state index contributed by atoms with van der Waals surface area (Å²) in [5.41, 5.74) is 21.1. The molecule has 65 heavy (non-hydrogen) atoms. The van der Waals surface area contributed by atoms with Gasteiger partial charge in [-0.25, -0.2) is 0 Å². The molecule has 5 heterocycles. The molecular weight excluding hydrogens is 782 g/mol. The van der Waals surface area contributed by atoms with Crippen molar-refractivity contribution < 1.29 is 0 Å². The van der Waals surface area contributed by atoms with Crippen LogP contribution in [0.1, 0.15) is 44.5 Å². The van der Waals surface area contributed by atoms with Gasteiger partial charge in [0.15, 0.2) is 0 Å². The van der Waals surface area contributed by atoms with E-state index in [1.807, 2.05) is 18.5 Å². The number of hydrogen-bond acceptors (Lipinski definition) is 1. The van der Waals surface area contributed by atoms with Gasteiger partial charge in [-0.3, -0.25) is 4.98 Å². The van der Waals surface area contributed by atoms with Gasteiger partial charge < -0.3 is 4.57 Å². The molecule has 3 aliphatic heterocycles. The molecule has 0 unspecified atom stereocenters. The van der Waals surface area contributed by atoms with Crippen molar-refractivity contribution >= 4 is 68.0 Å². The molecule has 3 aliphatic rings. The van der Waals surface area contributed by atoms with E-state index in [9.17, 15) is 0 Å². The van der Waals surface area contributed by atoms with Gasteiger partial charge in [0.2, 0.25) is 13.4 Å². The first-order chi connectivity index (χ1) is 32.3. The third kappa shape index (κ3) is 4.73. The number of benzene rings is 9. The van der Waals surface area contributed by atoms with Crippen LogP contribution in [0.15, 0.2) is 243 Å². The van der Waals surface area contributed by atoms with Gasteiger partial charge >= 0.3 is 0 Å². The van der Waals surface area contributed by atoms with E-state index >= 15 is 0 Å². The van der Waals surface area contributed by atoms with Crippen LogP contribution in [0.3, 0.4) is 0 Å². The summed E-state index contributed by atoms with van der Waals surface area (Å²) in [4.78, 5) is 4.57. The summed E-state index contributed by atoms with van der Waals surface area (Å²) in [5, 5.41) is 2.48. The molecule has 4 heteroatoms. The van der Waals surface area contributed by atoms with Crippen molar-refractivity contribution in [3.05, 3.63) is 287 Å². The molecule has 0 saturated heterocycles. The van der Waals surface area contributed by atoms with Crippen molar-refractivity contribution in [1.82, 2.24) is 9.55 Å². The van der Waals surface area contributed by atoms with E-state index in [0.29, 0.717) is 0 Å². The minimum absolute atomic E-state index is 0.00401. The summed E-state index contributed by atoms with van der Waals surface area (Å²) in [6, 6.07) is 87.4. The van der Waals surface area contributed by atoms with Crippen molar-refractivity contribution in [3.63, 3.8) is 0 Å². The van der Waals surface area contributed by atoms with Gasteiger partial charge in [-0.1, -0.05) is 239 Å². The average molecular weight is 823 g/mol. The lowest BCUT2D eigenvalue weighted by Gasteiger charge is -2.53. The molecule has 2 nitrogen and oxygen atoms in total. The van der Waals surface area contributed by atoms with Gasteiger partial charge in [0, 0.05) is 17.0 Å². The number of rotatable bonds is 4. The van der Waals surface area contributed by atoms with E-state index < -0.39 is 10.8 Å². The molecule has 0 amide bonds. The van der Waals surface area contributed by atoms with Crippen LogP contribution in [0.4, 0.5) is 0 Å². The molecule has 0 aliphatic carbocycles. The SMILES string of the molecule is c1ccc(C2(c3ccccc3)c3ccccc3B3c4ccccc4C4(c5ccccc5B(c5ccc6c7ccccc7n(-c7cccnc7)c6c5)c5ccccc54)c4cccc2c43)cc1. The maximum Gasteiger partial charge on any atom is 0.242 e. The summed E-state index contributed by atoms with van der Waals surface area (Å²) >= 11 is 0. The third-order valence-electron chi connectivity index (χ3n) is 15.3. The molecule has 9 aromatic carbocycles. The number of aromatic nitrogens is 2. The zero-order chi connectivity index (χ0) is 42.7. The molecule has 0 radical (unpaired) electrons. The Kier molecular flexibility index (Phi) is 7.74. The predicted molar refractivity (Wildman–Crippen MR) is 271 cm³/mol. The molecule has 0 fully saturated rings. The van der Waals surface area contributed by atoms with Gasteiger partial charge in [0.1, 0.15) is 0 Å². The van der Waals surface area contributed by atoms with Gasteiger partial charge in [-0.15, -0.1) is 0 Å². The number of para-hydroxylation sites is 1. The van der Waals surface area contributed by atoms with Crippen LogP contribution >= 0.6 is 0 Å². The summed E-state index contributed by atoms with van der Waals surface area (Å²) in [6.07, 6.45) is 3.83. The van der Waals surface area contributed by atoms with Crippen LogP contribution in [0.25, 0.3) is 27.5 Å². The van der Waals surface area contributed by atoms with E-state index in [2.05, 4.69) is 234 Å². The summed E-state index contributed by atoms with van der Waals surface area (Å²) < 4.78 is 2.39. The highest BCUT2D eigenvalue weighted by Crippen LogP contribution is 2.52. The first-order valence-corrected chi connectivity index (χ1v) is 22.9. The lowest BCUT2D eigenvalue weighted by molar-refractivity contribution is 0.725. The molecule has 0 saturated carbocycles. The first kappa shape index (κ1) is 36.5. The summed E-state index contributed by atoms with van der Waals surface area (Å²) in [6.45, 7) is 0.0456. The Bertz CT molecular complexity index is 3600. The Morgan fingerprint density at radius 2 is 0.831 bits per heavy atom. The Morgan fingerprint density at radius 3 is 1.42 bits per heavy atom. The number of hydrogen-bond donors (Lipinski definition) is 0. The molecule has 1 spiro atoms. The standard InChI is InChI=1S/C61H40B2N2/c1-3-19-41(20-4-1)60(42-21-5-2-6-22-42)47-25-8-14-33-55(47)63-56-34-15-11-28-50(56)61(52-30-17-29-51(60)59(52)63)48-26-9-12-31-53(48)62(54-32-13-10-27-49(54)61)43-36-37-46-45-24-7-16-35-57(45)65(58(46)39-43)44-23-18-38-64-40-44/h1-40H. The lowest BCUT2D eigenvalue weighted by Crippen LogP contribution is -2.71. The molecule has 0 N–H and O–H groups in total. The van der Waals surface area contributed by atoms with Crippen molar-refractivity contribution in [3.8, 4) is 5.69 Å². The van der Waals surface area contributed by atoms with Crippen LogP contribution in [-0.4, -0.2) is 23.0 Å². The van der Waals surface area contributed by atoms with Crippen LogP contribution in [0.2, 0.25) is 0 Å². The van der Waals surface area contributed by atoms with E-state index in [-0.39, 0.29) is 13.4 Å². The Labute approximate surface area is 379 Å². The summed E-state index contributed by atoms with van der Waals surface area (Å²) in [7, 11) is 0. The second kappa shape index (κ2) is 13.8. The van der Waals surface area contributed by atoms with E-state index in [1.54, 1.807) is 0 Å². The molecule has 2 aromatic heterocycles. The van der Waals surface area contributed by atoms with Gasteiger partial charge in [-0.2, -0.15) is 0 Å². The zero-order valence-corrected chi connectivity index (χ0v) is 35.6. The minimum Gasteiger partial charge on any atom is -0.308 e. The molecular formula is C61H40B2N2. The Morgan fingerprint density at radius 1 is 0.354 bits per heavy atom. The van der Waals surface area contributed by atoms with Crippen LogP contribution < -0.4 is 32.8 Å². The number of pyridine rings is 1. The van der Waals surface area contributed by atoms with Crippen LogP contribution in [-0.2, 0) is 10.8 Å². The van der Waals surface area contributed by atoms with Crippen LogP contribution in [0.5, 0.6) is 0 Å². The van der Waals surface area contributed by atoms with Crippen molar-refractivity contribution in [1.29, 1.82) is 0 Å². The van der Waals surface area contributed by atoms with E-state index in [0.717, 1.165) is 5.69 Å². The molecule has 11 aromatic rings. The van der Waals surface area contributed by atoms with Crippen LogP contribution in [0, 0.1) is 0 Å². The van der Waals surface area contributed by atoms with E-state index in [1.165, 1.54) is 99.1 Å². The fourth-order valence-electron chi connectivity index (χ4n) is 13.0. The molecule has 0 bridgehead atoms. The topological polar surface area (TPSA) is 17.8 Å². The fraction of sp³-hybridized carbons (Fsp3) is 0.0328. The highest BCUT2D eigenvalue weighted by molar-refractivity contribution is 6.98. The molecule has 300 valence electrons. The Balaban J connectivity index is 1.09. The predicted octanol–water partition coefficient (Wildman–Crippen LogP) is 8.92. The smallest absolute Gasteiger partial charge is 0.242 e. The quantitative estimate of drug-likeness (QED) is 0.162. The zero-order valence-electron chi connectivity index (χ0n) is 35.6. The highest BCUT2D eigenvalue weighted by Gasteiger charge is 2.57. The number of fused-ring (bicyclic) bond motifs is 13. The third-order valence-corrected chi connectivity index (χ3v) is 15.3. The Hall–Kier alpha value is -7.94. The fourth-order valence-corrected chi connectivity index (χ4v) is 13.0. The second-order valence-corrected chi connectivity index (χ2v) is 18.1. The van der Waals surface area contributed by atoms with E-state index in [4.69, 9.17) is 0 Å². The van der Waals surface area contributed by atoms with Gasteiger partial charge in [0.05, 0.1) is 33.7 Å². The maximum atomic E-state index is 4.57. The van der Waals surface area contributed by atoms with Gasteiger partial charge in [-0.05, 0) is 68.8 Å². The molecule has 0 atom stereocenters. The maximum absolute atomic E-state index is 4.57. The molecule has 14 rings (SSSR count).